The van der Waals surface area contributed by atoms with Gasteiger partial charge in [-0.05, 0) is 83.1 Å². The second kappa shape index (κ2) is 11.4. The lowest BCUT2D eigenvalue weighted by atomic mass is 9.88. The van der Waals surface area contributed by atoms with Crippen molar-refractivity contribution in [1.82, 2.24) is 25.0 Å². The molecule has 2 aliphatic rings. The van der Waals surface area contributed by atoms with Gasteiger partial charge in [-0.3, -0.25) is 4.98 Å². The van der Waals surface area contributed by atoms with Crippen LogP contribution in [0.25, 0.3) is 5.82 Å². The molecule has 9 heteroatoms. The van der Waals surface area contributed by atoms with Gasteiger partial charge in [0.15, 0.2) is 0 Å². The molecule has 3 aromatic rings. The maximum Gasteiger partial charge on any atom is 0.321 e. The van der Waals surface area contributed by atoms with E-state index in [0.29, 0.717) is 13.1 Å². The number of hydrogen-bond acceptors (Lipinski definition) is 4. The van der Waals surface area contributed by atoms with E-state index in [1.807, 2.05) is 52.3 Å². The number of fused-ring (bicyclic) bond motifs is 1. The normalized spacial score (nSPS) is 17.8. The van der Waals surface area contributed by atoms with Crippen molar-refractivity contribution in [1.29, 1.82) is 0 Å². The van der Waals surface area contributed by atoms with Gasteiger partial charge >= 0.3 is 6.03 Å². The van der Waals surface area contributed by atoms with Crippen molar-refractivity contribution in [3.8, 4) is 0 Å². The van der Waals surface area contributed by atoms with E-state index in [4.69, 9.17) is 0 Å². The summed E-state index contributed by atoms with van der Waals surface area (Å²) in [6.45, 7) is 2.10. The number of urea groups is 1. The van der Waals surface area contributed by atoms with E-state index in [2.05, 4.69) is 70.8 Å². The van der Waals surface area contributed by atoms with Crippen LogP contribution in [0, 0.1) is 5.92 Å². The minimum atomic E-state index is -0.0542. The Balaban J connectivity index is 1.35. The third kappa shape index (κ3) is 5.90. The van der Waals surface area contributed by atoms with E-state index in [0.717, 1.165) is 63.9 Å². The molecule has 0 saturated carbocycles. The Morgan fingerprint density at radius 2 is 2.08 bits per heavy atom. The molecular formula is C27H28Br2N6O. The second-order valence-electron chi connectivity index (χ2n) is 9.06. The van der Waals surface area contributed by atoms with Gasteiger partial charge in [-0.1, -0.05) is 34.1 Å². The monoisotopic (exact) mass is 610 g/mol. The first-order chi connectivity index (χ1) is 17.6. The van der Waals surface area contributed by atoms with Crippen LogP contribution < -0.4 is 10.6 Å². The third-order valence-electron chi connectivity index (χ3n) is 6.56. The van der Waals surface area contributed by atoms with Crippen molar-refractivity contribution in [2.75, 3.05) is 18.4 Å². The number of allylic oxidation sites excluding steroid dienone is 2. The highest BCUT2D eigenvalue weighted by Gasteiger charge is 2.27. The lowest BCUT2D eigenvalue weighted by molar-refractivity contribution is 0.186. The quantitative estimate of drug-likeness (QED) is 0.360. The molecule has 5 rings (SSSR count). The minimum absolute atomic E-state index is 0.0542. The number of carbonyl (C=O) groups excluding carboxylic acids is 1. The van der Waals surface area contributed by atoms with Crippen molar-refractivity contribution >= 4 is 49.4 Å². The number of nitrogens with one attached hydrogen (secondary N) is 2. The summed E-state index contributed by atoms with van der Waals surface area (Å²) in [5, 5.41) is 11.3. The fourth-order valence-electron chi connectivity index (χ4n) is 4.75. The van der Waals surface area contributed by atoms with Gasteiger partial charge in [0.1, 0.15) is 5.82 Å². The summed E-state index contributed by atoms with van der Waals surface area (Å²) >= 11 is 7.13. The van der Waals surface area contributed by atoms with Gasteiger partial charge < -0.3 is 15.5 Å². The Bertz CT molecular complexity index is 1290. The summed E-state index contributed by atoms with van der Waals surface area (Å²) in [5.74, 6) is 1.20. The summed E-state index contributed by atoms with van der Waals surface area (Å²) < 4.78 is 3.95. The first-order valence-electron chi connectivity index (χ1n) is 12.2. The molecule has 2 aliphatic heterocycles. The van der Waals surface area contributed by atoms with Crippen LogP contribution in [0.5, 0.6) is 0 Å². The molecule has 0 bridgehead atoms. The molecule has 1 unspecified atom stereocenters. The van der Waals surface area contributed by atoms with Crippen LogP contribution >= 0.6 is 31.9 Å². The van der Waals surface area contributed by atoms with Gasteiger partial charge in [0, 0.05) is 48.1 Å². The van der Waals surface area contributed by atoms with E-state index in [9.17, 15) is 4.79 Å². The summed E-state index contributed by atoms with van der Waals surface area (Å²) in [6.07, 6.45) is 13.9. The molecule has 7 nitrogen and oxygen atoms in total. The average molecular weight is 612 g/mol. The van der Waals surface area contributed by atoms with Crippen molar-refractivity contribution < 1.29 is 4.79 Å². The number of amides is 2. The zero-order chi connectivity index (χ0) is 24.9. The smallest absolute Gasteiger partial charge is 0.321 e. The molecule has 1 fully saturated rings. The number of aromatic nitrogens is 3. The average Bonchev–Trinajstić information content (AvgIpc) is 3.24. The number of hydrogen-bond donors (Lipinski definition) is 2. The highest BCUT2D eigenvalue weighted by Crippen LogP contribution is 2.30. The third-order valence-corrected chi connectivity index (χ3v) is 7.72. The predicted octanol–water partition coefficient (Wildman–Crippen LogP) is 6.21. The second-order valence-corrected chi connectivity index (χ2v) is 10.8. The molecule has 0 aliphatic carbocycles. The number of likely N-dealkylation sites (tertiary alicyclic amines) is 1. The van der Waals surface area contributed by atoms with Crippen LogP contribution in [0.4, 0.5) is 10.5 Å². The van der Waals surface area contributed by atoms with Gasteiger partial charge in [0.05, 0.1) is 16.4 Å². The van der Waals surface area contributed by atoms with Crippen molar-refractivity contribution in [2.24, 2.45) is 5.92 Å². The molecule has 2 amide bonds. The Hall–Kier alpha value is -2.91. The largest absolute Gasteiger partial charge is 0.366 e. The van der Waals surface area contributed by atoms with E-state index < -0.39 is 0 Å². The Morgan fingerprint density at radius 1 is 1.17 bits per heavy atom. The zero-order valence-electron chi connectivity index (χ0n) is 19.8. The number of rotatable bonds is 5. The lowest BCUT2D eigenvalue weighted by Crippen LogP contribution is -2.42. The molecule has 1 aromatic carbocycles. The van der Waals surface area contributed by atoms with Crippen LogP contribution in [0.15, 0.2) is 81.7 Å². The van der Waals surface area contributed by atoms with Gasteiger partial charge in [0.2, 0.25) is 0 Å². The number of benzene rings is 1. The topological polar surface area (TPSA) is 75.1 Å². The Kier molecular flexibility index (Phi) is 7.87. The van der Waals surface area contributed by atoms with Gasteiger partial charge in [-0.25, -0.2) is 9.48 Å². The Morgan fingerprint density at radius 3 is 2.92 bits per heavy atom. The van der Waals surface area contributed by atoms with Crippen LogP contribution in [0.2, 0.25) is 0 Å². The van der Waals surface area contributed by atoms with Crippen molar-refractivity contribution in [3.63, 3.8) is 0 Å². The maximum absolute atomic E-state index is 13.0. The summed E-state index contributed by atoms with van der Waals surface area (Å²) in [4.78, 5) is 19.2. The van der Waals surface area contributed by atoms with Gasteiger partial charge in [-0.2, -0.15) is 5.10 Å². The van der Waals surface area contributed by atoms with Crippen LogP contribution in [-0.2, 0) is 13.0 Å². The molecule has 186 valence electrons. The molecule has 2 aromatic heterocycles. The van der Waals surface area contributed by atoms with E-state index in [1.54, 1.807) is 6.20 Å². The standard InChI is InChI=1S/C27H28Br2N6O/c28-22-8-2-9-23(14-22)33-27(36)34-12-4-7-21(18-34)20-6-1-10-25-24(29)17-32-35(25)26(13-20)31-16-19-5-3-11-30-15-19/h2-3,5-6,8-9,11,13-15,17,21,31H,1,4,7,10,12,16,18H2,(H,33,36). The number of nitrogens with zero attached hydrogens (tertiary/aromatic N) is 4. The first kappa shape index (κ1) is 24.8. The van der Waals surface area contributed by atoms with E-state index >= 15 is 0 Å². The molecule has 2 N–H and O–H groups in total. The number of piperidine rings is 1. The highest BCUT2D eigenvalue weighted by molar-refractivity contribution is 9.10. The summed E-state index contributed by atoms with van der Waals surface area (Å²) in [6, 6.07) is 11.6. The SMILES string of the molecule is O=C(Nc1cccc(Br)c1)N1CCCC(C2=CCCc3c(Br)cnn3C(NCc3cccnc3)=C2)C1. The molecule has 4 heterocycles. The summed E-state index contributed by atoms with van der Waals surface area (Å²) in [7, 11) is 0. The molecule has 0 spiro atoms. The van der Waals surface area contributed by atoms with Gasteiger partial charge in [0.25, 0.3) is 0 Å². The fraction of sp³-hybridized carbons (Fsp3) is 0.296. The van der Waals surface area contributed by atoms with Crippen LogP contribution in [0.3, 0.4) is 0 Å². The fourth-order valence-corrected chi connectivity index (χ4v) is 5.61. The Labute approximate surface area is 227 Å². The number of pyridine rings is 1. The molecule has 1 saturated heterocycles. The summed E-state index contributed by atoms with van der Waals surface area (Å²) in [5.41, 5.74) is 4.29. The predicted molar refractivity (Wildman–Crippen MR) is 149 cm³/mol. The molecule has 1 atom stereocenters. The minimum Gasteiger partial charge on any atom is -0.366 e. The molecular weight excluding hydrogens is 584 g/mol. The highest BCUT2D eigenvalue weighted by atomic mass is 79.9. The van der Waals surface area contributed by atoms with Crippen LogP contribution in [-0.4, -0.2) is 38.8 Å². The first-order valence-corrected chi connectivity index (χ1v) is 13.7. The lowest BCUT2D eigenvalue weighted by Gasteiger charge is -2.34. The zero-order valence-corrected chi connectivity index (χ0v) is 23.0. The molecule has 36 heavy (non-hydrogen) atoms. The number of halogens is 2. The maximum atomic E-state index is 13.0. The van der Waals surface area contributed by atoms with Crippen molar-refractivity contribution in [3.05, 3.63) is 92.9 Å². The van der Waals surface area contributed by atoms with Crippen molar-refractivity contribution in [2.45, 2.75) is 32.2 Å². The van der Waals surface area contributed by atoms with Crippen LogP contribution in [0.1, 0.15) is 30.5 Å². The number of carbonyl (C=O) groups is 1. The van der Waals surface area contributed by atoms with E-state index in [-0.39, 0.29) is 11.9 Å². The number of anilines is 1. The van der Waals surface area contributed by atoms with Gasteiger partial charge in [-0.15, -0.1) is 0 Å². The molecule has 0 radical (unpaired) electrons. The van der Waals surface area contributed by atoms with E-state index in [1.165, 1.54) is 5.57 Å².